The fraction of sp³-hybridized carbons (Fsp3) is 0.562. The summed E-state index contributed by atoms with van der Waals surface area (Å²) in [4.78, 5) is 23.4. The quantitative estimate of drug-likeness (QED) is 0.243. The molecule has 1 aliphatic carbocycles. The summed E-state index contributed by atoms with van der Waals surface area (Å²) in [6, 6.07) is 8.74. The first kappa shape index (κ1) is 31.6. The van der Waals surface area contributed by atoms with Crippen molar-refractivity contribution in [3.63, 3.8) is 0 Å². The molecule has 0 fully saturated rings. The number of rotatable bonds is 14. The highest BCUT2D eigenvalue weighted by atomic mass is 19.1. The smallest absolute Gasteiger partial charge is 0.407 e. The topological polar surface area (TPSA) is 97.9 Å². The number of carbonyl (C=O) groups excluding carboxylic acids is 1. The van der Waals surface area contributed by atoms with E-state index in [0.29, 0.717) is 38.2 Å². The summed E-state index contributed by atoms with van der Waals surface area (Å²) in [7, 11) is 6.96. The van der Waals surface area contributed by atoms with Crippen LogP contribution in [0.2, 0.25) is 0 Å². The Hall–Kier alpha value is -3.37. The van der Waals surface area contributed by atoms with Gasteiger partial charge in [0.15, 0.2) is 0 Å². The van der Waals surface area contributed by atoms with E-state index in [0.717, 1.165) is 59.7 Å². The van der Waals surface area contributed by atoms with Gasteiger partial charge in [0.05, 0.1) is 20.8 Å². The Morgan fingerprint density at radius 2 is 1.93 bits per heavy atom. The van der Waals surface area contributed by atoms with Gasteiger partial charge in [0.25, 0.3) is 0 Å². The molecule has 0 saturated carbocycles. The summed E-state index contributed by atoms with van der Waals surface area (Å²) in [5.74, 6) is 2.22. The lowest BCUT2D eigenvalue weighted by Crippen LogP contribution is -2.50. The van der Waals surface area contributed by atoms with Crippen LogP contribution in [0.1, 0.15) is 56.0 Å². The van der Waals surface area contributed by atoms with E-state index >= 15 is 0 Å². The SMILES string of the molecule is COCCNC(=O)O[C@]1(CCN(C)CCCc2nc3c(OC)ccc(OC)c3[nH]2)CCc2cc(F)ccc2C1C(C)C. The molecule has 4 rings (SSSR count). The minimum Gasteiger partial charge on any atom is -0.494 e. The van der Waals surface area contributed by atoms with Crippen molar-refractivity contribution in [2.45, 2.75) is 57.5 Å². The molecule has 0 bridgehead atoms. The highest BCUT2D eigenvalue weighted by Gasteiger charge is 2.47. The monoisotopic (exact) mass is 584 g/mol. The Balaban J connectivity index is 1.45. The number of methoxy groups -OCH3 is 3. The van der Waals surface area contributed by atoms with E-state index in [4.69, 9.17) is 23.9 Å². The summed E-state index contributed by atoms with van der Waals surface area (Å²) < 4.78 is 36.5. The van der Waals surface area contributed by atoms with Gasteiger partial charge in [0.2, 0.25) is 0 Å². The van der Waals surface area contributed by atoms with E-state index in [2.05, 4.69) is 36.1 Å². The molecule has 1 unspecified atom stereocenters. The van der Waals surface area contributed by atoms with Crippen molar-refractivity contribution in [1.82, 2.24) is 20.2 Å². The fourth-order valence-corrected chi connectivity index (χ4v) is 6.32. The summed E-state index contributed by atoms with van der Waals surface area (Å²) >= 11 is 0. The van der Waals surface area contributed by atoms with Crippen molar-refractivity contribution < 1.29 is 28.1 Å². The number of hydrogen-bond acceptors (Lipinski definition) is 7. The molecule has 9 nitrogen and oxygen atoms in total. The van der Waals surface area contributed by atoms with Crippen molar-refractivity contribution in [2.24, 2.45) is 5.92 Å². The van der Waals surface area contributed by atoms with Gasteiger partial charge in [-0.1, -0.05) is 19.9 Å². The largest absolute Gasteiger partial charge is 0.494 e. The van der Waals surface area contributed by atoms with E-state index in [9.17, 15) is 9.18 Å². The number of aromatic amines is 1. The minimum atomic E-state index is -0.712. The first-order valence-electron chi connectivity index (χ1n) is 14.7. The molecule has 42 heavy (non-hydrogen) atoms. The molecule has 3 aromatic rings. The number of amides is 1. The number of hydrogen-bond donors (Lipinski definition) is 2. The Morgan fingerprint density at radius 3 is 2.64 bits per heavy atom. The third-order valence-corrected chi connectivity index (χ3v) is 8.29. The van der Waals surface area contributed by atoms with Gasteiger partial charge in [-0.3, -0.25) is 0 Å². The molecule has 1 heterocycles. The average molecular weight is 585 g/mol. The number of halogens is 1. The molecule has 230 valence electrons. The first-order chi connectivity index (χ1) is 20.2. The number of H-pyrrole nitrogens is 1. The van der Waals surface area contributed by atoms with Crippen LogP contribution < -0.4 is 14.8 Å². The molecule has 2 atom stereocenters. The Morgan fingerprint density at radius 1 is 1.17 bits per heavy atom. The second-order valence-electron chi connectivity index (χ2n) is 11.5. The van der Waals surface area contributed by atoms with Crippen molar-refractivity contribution in [3.05, 3.63) is 53.1 Å². The third-order valence-electron chi connectivity index (χ3n) is 8.29. The Bertz CT molecular complexity index is 1300. The van der Waals surface area contributed by atoms with Crippen LogP contribution in [0, 0.1) is 11.7 Å². The summed E-state index contributed by atoms with van der Waals surface area (Å²) in [6.45, 7) is 6.66. The van der Waals surface area contributed by atoms with Gasteiger partial charge < -0.3 is 34.1 Å². The molecule has 0 spiro atoms. The predicted molar refractivity (Wildman–Crippen MR) is 161 cm³/mol. The van der Waals surface area contributed by atoms with Crippen LogP contribution >= 0.6 is 0 Å². The Labute approximate surface area is 248 Å². The molecule has 2 aromatic carbocycles. The van der Waals surface area contributed by atoms with Crippen LogP contribution in [-0.4, -0.2) is 81.2 Å². The molecular weight excluding hydrogens is 539 g/mol. The number of aromatic nitrogens is 2. The normalized spacial score (nSPS) is 18.4. The zero-order valence-electron chi connectivity index (χ0n) is 25.7. The van der Waals surface area contributed by atoms with E-state index in [1.165, 1.54) is 6.07 Å². The van der Waals surface area contributed by atoms with Gasteiger partial charge in [0.1, 0.15) is 39.8 Å². The molecule has 0 radical (unpaired) electrons. The summed E-state index contributed by atoms with van der Waals surface area (Å²) in [5.41, 5.74) is 2.96. The molecule has 1 amide bonds. The predicted octanol–water partition coefficient (Wildman–Crippen LogP) is 5.47. The number of imidazole rings is 1. The number of carbonyl (C=O) groups is 1. The maximum atomic E-state index is 14.1. The Kier molecular flexibility index (Phi) is 10.7. The van der Waals surface area contributed by atoms with Gasteiger partial charge >= 0.3 is 6.09 Å². The van der Waals surface area contributed by atoms with Crippen LogP contribution in [0.4, 0.5) is 9.18 Å². The number of benzene rings is 2. The molecule has 0 aliphatic heterocycles. The van der Waals surface area contributed by atoms with Crippen molar-refractivity contribution in [2.75, 3.05) is 54.6 Å². The van der Waals surface area contributed by atoms with Crippen molar-refractivity contribution in [3.8, 4) is 11.5 Å². The highest BCUT2D eigenvalue weighted by Crippen LogP contribution is 2.48. The maximum absolute atomic E-state index is 14.1. The van der Waals surface area contributed by atoms with Crippen LogP contribution in [-0.2, 0) is 22.3 Å². The van der Waals surface area contributed by atoms with Gasteiger partial charge in [-0.2, -0.15) is 0 Å². The van der Waals surface area contributed by atoms with E-state index in [1.54, 1.807) is 27.4 Å². The number of aryl methyl sites for hydroxylation is 2. The fourth-order valence-electron chi connectivity index (χ4n) is 6.32. The minimum absolute atomic E-state index is 0.0519. The van der Waals surface area contributed by atoms with Crippen LogP contribution in [0.25, 0.3) is 11.0 Å². The lowest BCUT2D eigenvalue weighted by molar-refractivity contribution is -0.0446. The van der Waals surface area contributed by atoms with Crippen LogP contribution in [0.5, 0.6) is 11.5 Å². The number of alkyl carbamates (subject to hydrolysis) is 1. The molecule has 1 aliphatic rings. The standard InChI is InChI=1S/C32H45FN4O5/c1-21(2)28-24-10-9-23(33)20-22(24)13-14-32(28,42-31(38)34-16-19-39-4)15-18-37(3)17-7-8-27-35-29-25(40-5)11-12-26(41-6)30(29)36-27/h9-12,20-21,28H,7-8,13-19H2,1-6H3,(H,34,38)(H,35,36)/t28?,32-/m0/s1. The zero-order chi connectivity index (χ0) is 30.3. The zero-order valence-corrected chi connectivity index (χ0v) is 25.7. The molecular formula is C32H45FN4O5. The first-order valence-corrected chi connectivity index (χ1v) is 14.7. The highest BCUT2D eigenvalue weighted by molar-refractivity contribution is 5.87. The van der Waals surface area contributed by atoms with Crippen molar-refractivity contribution in [1.29, 1.82) is 0 Å². The molecule has 0 saturated heterocycles. The number of nitrogens with one attached hydrogen (secondary N) is 2. The van der Waals surface area contributed by atoms with Gasteiger partial charge in [-0.05, 0) is 74.2 Å². The van der Waals surface area contributed by atoms with E-state index in [-0.39, 0.29) is 17.7 Å². The number of nitrogens with zero attached hydrogens (tertiary/aromatic N) is 2. The average Bonchev–Trinajstić information content (AvgIpc) is 3.39. The van der Waals surface area contributed by atoms with E-state index in [1.807, 2.05) is 18.2 Å². The number of ether oxygens (including phenoxy) is 4. The van der Waals surface area contributed by atoms with Crippen LogP contribution in [0.15, 0.2) is 30.3 Å². The van der Waals surface area contributed by atoms with Gasteiger partial charge in [0, 0.05) is 39.0 Å². The van der Waals surface area contributed by atoms with Gasteiger partial charge in [-0.15, -0.1) is 0 Å². The molecule has 10 heteroatoms. The maximum Gasteiger partial charge on any atom is 0.407 e. The molecule has 1 aromatic heterocycles. The van der Waals surface area contributed by atoms with Gasteiger partial charge in [-0.25, -0.2) is 14.2 Å². The number of fused-ring (bicyclic) bond motifs is 2. The third kappa shape index (κ3) is 7.15. The van der Waals surface area contributed by atoms with E-state index < -0.39 is 11.7 Å². The van der Waals surface area contributed by atoms with Crippen LogP contribution in [0.3, 0.4) is 0 Å². The second-order valence-corrected chi connectivity index (χ2v) is 11.5. The molecule has 2 N–H and O–H groups in total. The summed E-state index contributed by atoms with van der Waals surface area (Å²) in [6.07, 6.45) is 3.18. The lowest BCUT2D eigenvalue weighted by atomic mass is 9.65. The second kappa shape index (κ2) is 14.2. The lowest BCUT2D eigenvalue weighted by Gasteiger charge is -2.47. The van der Waals surface area contributed by atoms with Crippen molar-refractivity contribution >= 4 is 17.1 Å². The summed E-state index contributed by atoms with van der Waals surface area (Å²) in [5, 5.41) is 2.83.